The molecule has 2 N–H and O–H groups in total. The smallest absolute Gasteiger partial charge is 0.312 e. The fourth-order valence-electron chi connectivity index (χ4n) is 2.04. The Bertz CT molecular complexity index is 403. The van der Waals surface area contributed by atoms with E-state index in [0.29, 0.717) is 12.1 Å². The van der Waals surface area contributed by atoms with Crippen LogP contribution < -0.4 is 4.90 Å². The van der Waals surface area contributed by atoms with Crippen molar-refractivity contribution in [1.29, 1.82) is 0 Å². The molecule has 80 valence electrons. The Morgan fingerprint density at radius 1 is 1.60 bits per heavy atom. The van der Waals surface area contributed by atoms with Gasteiger partial charge in [0.2, 0.25) is 0 Å². The first-order valence-electron chi connectivity index (χ1n) is 4.94. The standard InChI is InChI=1S/C11H13NO3/c1-2-12-6-9(11(14)15)8-5-7(13)3-4-10(8)12/h3-5,9,13H,2,6H2,1H3,(H,14,15). The number of fused-ring (bicyclic) bond motifs is 1. The summed E-state index contributed by atoms with van der Waals surface area (Å²) in [6.45, 7) is 3.26. The average molecular weight is 207 g/mol. The molecule has 4 heteroatoms. The minimum atomic E-state index is -0.835. The number of phenols is 1. The van der Waals surface area contributed by atoms with Gasteiger partial charge in [0.05, 0.1) is 0 Å². The highest BCUT2D eigenvalue weighted by atomic mass is 16.4. The number of hydrogen-bond donors (Lipinski definition) is 2. The molecule has 0 fully saturated rings. The molecule has 0 aliphatic carbocycles. The van der Waals surface area contributed by atoms with Crippen molar-refractivity contribution in [1.82, 2.24) is 0 Å². The van der Waals surface area contributed by atoms with Crippen molar-refractivity contribution in [2.24, 2.45) is 0 Å². The lowest BCUT2D eigenvalue weighted by atomic mass is 10.0. The topological polar surface area (TPSA) is 60.8 Å². The molecule has 4 nitrogen and oxygen atoms in total. The number of carboxylic acid groups (broad SMARTS) is 1. The summed E-state index contributed by atoms with van der Waals surface area (Å²) in [5, 5.41) is 18.4. The maximum absolute atomic E-state index is 11.0. The summed E-state index contributed by atoms with van der Waals surface area (Å²) in [6, 6.07) is 4.91. The quantitative estimate of drug-likeness (QED) is 0.769. The minimum Gasteiger partial charge on any atom is -0.508 e. The van der Waals surface area contributed by atoms with Gasteiger partial charge in [-0.15, -0.1) is 0 Å². The van der Waals surface area contributed by atoms with Crippen molar-refractivity contribution < 1.29 is 15.0 Å². The van der Waals surface area contributed by atoms with Crippen molar-refractivity contribution in [2.45, 2.75) is 12.8 Å². The van der Waals surface area contributed by atoms with Crippen LogP contribution >= 0.6 is 0 Å². The predicted molar refractivity (Wildman–Crippen MR) is 56.4 cm³/mol. The fourth-order valence-corrected chi connectivity index (χ4v) is 2.04. The van der Waals surface area contributed by atoms with E-state index in [9.17, 15) is 9.90 Å². The van der Waals surface area contributed by atoms with Gasteiger partial charge in [-0.1, -0.05) is 0 Å². The summed E-state index contributed by atoms with van der Waals surface area (Å²) >= 11 is 0. The van der Waals surface area contributed by atoms with Crippen molar-refractivity contribution in [3.8, 4) is 5.75 Å². The van der Waals surface area contributed by atoms with Crippen LogP contribution in [0.4, 0.5) is 5.69 Å². The van der Waals surface area contributed by atoms with Gasteiger partial charge in [-0.25, -0.2) is 0 Å². The maximum Gasteiger partial charge on any atom is 0.312 e. The van der Waals surface area contributed by atoms with Crippen LogP contribution in [0.25, 0.3) is 0 Å². The molecule has 2 rings (SSSR count). The molecular weight excluding hydrogens is 194 g/mol. The molecule has 0 bridgehead atoms. The van der Waals surface area contributed by atoms with Gasteiger partial charge in [-0.3, -0.25) is 4.79 Å². The van der Waals surface area contributed by atoms with Crippen LogP contribution in [0.5, 0.6) is 5.75 Å². The zero-order valence-corrected chi connectivity index (χ0v) is 8.47. The number of carbonyl (C=O) groups is 1. The molecule has 0 aromatic heterocycles. The lowest BCUT2D eigenvalue weighted by Gasteiger charge is -2.16. The lowest BCUT2D eigenvalue weighted by Crippen LogP contribution is -2.23. The number of benzene rings is 1. The first-order chi connectivity index (χ1) is 7.13. The lowest BCUT2D eigenvalue weighted by molar-refractivity contribution is -0.138. The predicted octanol–water partition coefficient (Wildman–Crippen LogP) is 1.40. The number of nitrogens with zero attached hydrogens (tertiary/aromatic N) is 1. The zero-order chi connectivity index (χ0) is 11.0. The minimum absolute atomic E-state index is 0.123. The molecule has 1 heterocycles. The second-order valence-electron chi connectivity index (χ2n) is 3.67. The molecule has 0 saturated carbocycles. The number of likely N-dealkylation sites (N-methyl/N-ethyl adjacent to an activating group) is 1. The Morgan fingerprint density at radius 3 is 2.93 bits per heavy atom. The van der Waals surface area contributed by atoms with Crippen LogP contribution in [0.2, 0.25) is 0 Å². The van der Waals surface area contributed by atoms with E-state index < -0.39 is 11.9 Å². The van der Waals surface area contributed by atoms with Crippen molar-refractivity contribution in [2.75, 3.05) is 18.0 Å². The van der Waals surface area contributed by atoms with E-state index in [-0.39, 0.29) is 5.75 Å². The Labute approximate surface area is 87.8 Å². The molecule has 15 heavy (non-hydrogen) atoms. The summed E-state index contributed by atoms with van der Waals surface area (Å²) in [5.74, 6) is -1.23. The third-order valence-electron chi connectivity index (χ3n) is 2.81. The fraction of sp³-hybridized carbons (Fsp3) is 0.364. The summed E-state index contributed by atoms with van der Waals surface area (Å²) in [5.41, 5.74) is 1.63. The molecule has 1 aliphatic heterocycles. The first-order valence-corrected chi connectivity index (χ1v) is 4.94. The van der Waals surface area contributed by atoms with Gasteiger partial charge < -0.3 is 15.1 Å². The maximum atomic E-state index is 11.0. The van der Waals surface area contributed by atoms with Crippen LogP contribution in [-0.4, -0.2) is 29.3 Å². The highest BCUT2D eigenvalue weighted by Crippen LogP contribution is 2.38. The Morgan fingerprint density at radius 2 is 2.33 bits per heavy atom. The van der Waals surface area contributed by atoms with Crippen LogP contribution in [0.15, 0.2) is 18.2 Å². The monoisotopic (exact) mass is 207 g/mol. The van der Waals surface area contributed by atoms with E-state index in [1.54, 1.807) is 18.2 Å². The molecule has 1 aromatic rings. The summed E-state index contributed by atoms with van der Waals surface area (Å²) < 4.78 is 0. The van der Waals surface area contributed by atoms with E-state index in [0.717, 1.165) is 12.2 Å². The average Bonchev–Trinajstić information content (AvgIpc) is 2.55. The second-order valence-corrected chi connectivity index (χ2v) is 3.67. The molecule has 1 aromatic carbocycles. The van der Waals surface area contributed by atoms with Crippen LogP contribution in [0, 0.1) is 0 Å². The number of phenolic OH excluding ortho intramolecular Hbond substituents is 1. The molecule has 1 unspecified atom stereocenters. The summed E-state index contributed by atoms with van der Waals surface area (Å²) in [6.07, 6.45) is 0. The van der Waals surface area contributed by atoms with Gasteiger partial charge in [0.1, 0.15) is 11.7 Å². The molecule has 0 saturated heterocycles. The van der Waals surface area contributed by atoms with Gasteiger partial charge in [0.25, 0.3) is 0 Å². The highest BCUT2D eigenvalue weighted by Gasteiger charge is 2.32. The number of aliphatic carboxylic acids is 1. The Balaban J connectivity index is 2.47. The molecular formula is C11H13NO3. The number of anilines is 1. The Kier molecular flexibility index (Phi) is 2.26. The van der Waals surface area contributed by atoms with Crippen LogP contribution in [0.3, 0.4) is 0 Å². The van der Waals surface area contributed by atoms with E-state index in [1.165, 1.54) is 0 Å². The van der Waals surface area contributed by atoms with E-state index >= 15 is 0 Å². The third-order valence-corrected chi connectivity index (χ3v) is 2.81. The zero-order valence-electron chi connectivity index (χ0n) is 8.47. The summed E-state index contributed by atoms with van der Waals surface area (Å²) in [7, 11) is 0. The molecule has 0 radical (unpaired) electrons. The molecule has 0 amide bonds. The van der Waals surface area contributed by atoms with E-state index in [4.69, 9.17) is 5.11 Å². The number of hydrogen-bond acceptors (Lipinski definition) is 3. The molecule has 0 spiro atoms. The highest BCUT2D eigenvalue weighted by molar-refractivity contribution is 5.83. The largest absolute Gasteiger partial charge is 0.508 e. The number of carboxylic acids is 1. The second kappa shape index (κ2) is 3.46. The number of aromatic hydroxyl groups is 1. The normalized spacial score (nSPS) is 19.0. The number of rotatable bonds is 2. The SMILES string of the molecule is CCN1CC(C(=O)O)c2cc(O)ccc21. The molecule has 1 atom stereocenters. The third kappa shape index (κ3) is 1.52. The van der Waals surface area contributed by atoms with Crippen LogP contribution in [-0.2, 0) is 4.79 Å². The van der Waals surface area contributed by atoms with E-state index in [2.05, 4.69) is 0 Å². The van der Waals surface area contributed by atoms with E-state index in [1.807, 2.05) is 11.8 Å². The molecule has 1 aliphatic rings. The van der Waals surface area contributed by atoms with Crippen molar-refractivity contribution in [3.05, 3.63) is 23.8 Å². The Hall–Kier alpha value is -1.71. The summed E-state index contributed by atoms with van der Waals surface area (Å²) in [4.78, 5) is 13.0. The van der Waals surface area contributed by atoms with Gasteiger partial charge in [-0.05, 0) is 30.7 Å². The van der Waals surface area contributed by atoms with Crippen molar-refractivity contribution in [3.63, 3.8) is 0 Å². The van der Waals surface area contributed by atoms with Gasteiger partial charge >= 0.3 is 5.97 Å². The van der Waals surface area contributed by atoms with Crippen LogP contribution in [0.1, 0.15) is 18.4 Å². The van der Waals surface area contributed by atoms with Gasteiger partial charge in [-0.2, -0.15) is 0 Å². The van der Waals surface area contributed by atoms with Gasteiger partial charge in [0, 0.05) is 18.8 Å². The van der Waals surface area contributed by atoms with Crippen molar-refractivity contribution >= 4 is 11.7 Å². The van der Waals surface area contributed by atoms with Gasteiger partial charge in [0.15, 0.2) is 0 Å². The first kappa shape index (κ1) is 9.83.